The molecule has 0 aliphatic carbocycles. The van der Waals surface area contributed by atoms with E-state index in [0.29, 0.717) is 13.0 Å². The van der Waals surface area contributed by atoms with Gasteiger partial charge in [0.25, 0.3) is 0 Å². The fourth-order valence-electron chi connectivity index (χ4n) is 2.09. The summed E-state index contributed by atoms with van der Waals surface area (Å²) >= 11 is 0. The van der Waals surface area contributed by atoms with Crippen LogP contribution in [-0.2, 0) is 18.4 Å². The van der Waals surface area contributed by atoms with Crippen LogP contribution in [0.3, 0.4) is 0 Å². The van der Waals surface area contributed by atoms with Gasteiger partial charge < -0.3 is 13.6 Å². The van der Waals surface area contributed by atoms with Gasteiger partial charge in [0.2, 0.25) is 0 Å². The maximum Gasteiger partial charge on any atom is 0.308 e. The molecule has 0 radical (unpaired) electrons. The molecule has 0 aliphatic heterocycles. The molecule has 0 fully saturated rings. The minimum Gasteiger partial charge on any atom is -0.466 e. The zero-order valence-corrected chi connectivity index (χ0v) is 21.4. The molecule has 0 unspecified atom stereocenters. The molecule has 0 aromatic heterocycles. The topological polar surface area (TPSA) is 44.8 Å². The summed E-state index contributed by atoms with van der Waals surface area (Å²) < 4.78 is 17.9. The summed E-state index contributed by atoms with van der Waals surface area (Å²) in [5, 5.41) is 0.330. The second-order valence-corrected chi connectivity index (χ2v) is 20.1. The van der Waals surface area contributed by atoms with Gasteiger partial charge in [-0.1, -0.05) is 41.5 Å². The summed E-state index contributed by atoms with van der Waals surface area (Å²) in [6.45, 7) is 26.6. The molecule has 0 heterocycles. The molecule has 0 amide bonds. The molecule has 0 rings (SSSR count). The van der Waals surface area contributed by atoms with Crippen molar-refractivity contribution in [3.05, 3.63) is 0 Å². The van der Waals surface area contributed by atoms with Crippen molar-refractivity contribution in [1.82, 2.24) is 0 Å². The minimum absolute atomic E-state index is 0.101. The first-order valence-corrected chi connectivity index (χ1v) is 15.7. The van der Waals surface area contributed by atoms with E-state index in [1.54, 1.807) is 0 Å². The Labute approximate surface area is 164 Å². The molecule has 0 aromatic rings. The van der Waals surface area contributed by atoms with E-state index < -0.39 is 16.6 Å². The summed E-state index contributed by atoms with van der Waals surface area (Å²) in [7, 11) is -3.62. The van der Waals surface area contributed by atoms with E-state index in [1.165, 1.54) is 0 Å². The maximum absolute atomic E-state index is 12.1. The van der Waals surface area contributed by atoms with E-state index >= 15 is 0 Å². The van der Waals surface area contributed by atoms with Crippen molar-refractivity contribution < 1.29 is 18.4 Å². The molecule has 0 bridgehead atoms. The molecule has 0 N–H and O–H groups in total. The Morgan fingerprint density at radius 2 is 1.19 bits per heavy atom. The first kappa shape index (κ1) is 25.8. The smallest absolute Gasteiger partial charge is 0.308 e. The Morgan fingerprint density at radius 3 is 1.58 bits per heavy atom. The second kappa shape index (κ2) is 9.35. The molecular weight excluding hydrogens is 360 g/mol. The fourth-order valence-corrected chi connectivity index (χ4v) is 5.01. The maximum atomic E-state index is 12.1. The van der Waals surface area contributed by atoms with Crippen LogP contribution in [0.25, 0.3) is 0 Å². The van der Waals surface area contributed by atoms with Gasteiger partial charge in [-0.3, -0.25) is 4.79 Å². The van der Waals surface area contributed by atoms with Gasteiger partial charge in [-0.25, -0.2) is 0 Å². The molecule has 2 atom stereocenters. The van der Waals surface area contributed by atoms with Gasteiger partial charge in [-0.05, 0) is 50.1 Å². The summed E-state index contributed by atoms with van der Waals surface area (Å²) in [5.41, 5.74) is 0. The van der Waals surface area contributed by atoms with Crippen LogP contribution in [-0.4, -0.2) is 41.4 Å². The molecule has 4 nitrogen and oxygen atoms in total. The zero-order chi connectivity index (χ0) is 21.0. The number of hydrogen-bond donors (Lipinski definition) is 0. The lowest BCUT2D eigenvalue weighted by molar-refractivity contribution is -0.145. The van der Waals surface area contributed by atoms with Crippen LogP contribution in [0, 0.1) is 0 Å². The highest BCUT2D eigenvalue weighted by molar-refractivity contribution is 6.74. The molecule has 0 spiro atoms. The predicted molar refractivity (Wildman–Crippen MR) is 116 cm³/mol. The van der Waals surface area contributed by atoms with Gasteiger partial charge in [-0.15, -0.1) is 0 Å². The van der Waals surface area contributed by atoms with Crippen LogP contribution in [0.2, 0.25) is 36.3 Å². The summed E-state index contributed by atoms with van der Waals surface area (Å²) in [5.74, 6) is -0.185. The number of carbonyl (C=O) groups excluding carboxylic acids is 1. The Morgan fingerprint density at radius 1 is 0.808 bits per heavy atom. The third kappa shape index (κ3) is 8.67. The average Bonchev–Trinajstić information content (AvgIpc) is 2.33. The van der Waals surface area contributed by atoms with Crippen LogP contribution in [0.5, 0.6) is 0 Å². The molecule has 0 aromatic carbocycles. The van der Waals surface area contributed by atoms with Gasteiger partial charge in [0.1, 0.15) is 0 Å². The van der Waals surface area contributed by atoms with Crippen LogP contribution >= 0.6 is 0 Å². The highest BCUT2D eigenvalue weighted by atomic mass is 28.4. The molecular formula is C20H44O4Si2. The van der Waals surface area contributed by atoms with E-state index in [4.69, 9.17) is 13.6 Å². The van der Waals surface area contributed by atoms with Gasteiger partial charge in [-0.2, -0.15) is 0 Å². The molecule has 0 saturated carbocycles. The molecule has 0 aliphatic rings. The quantitative estimate of drug-likeness (QED) is 0.342. The Bertz CT molecular complexity index is 448. The SMILES string of the molecule is C[C@H](CCOC(=O)C[C@@H](C)O[Si](C)(C)C(C)(C)C)O[Si](C)(C)C(C)(C)C. The largest absolute Gasteiger partial charge is 0.466 e. The highest BCUT2D eigenvalue weighted by Crippen LogP contribution is 2.38. The predicted octanol–water partition coefficient (Wildman–Crippen LogP) is 6.13. The van der Waals surface area contributed by atoms with Crippen LogP contribution in [0.1, 0.15) is 68.2 Å². The van der Waals surface area contributed by atoms with Crippen molar-refractivity contribution in [2.24, 2.45) is 0 Å². The summed E-state index contributed by atoms with van der Waals surface area (Å²) in [6, 6.07) is 0. The number of carbonyl (C=O) groups is 1. The lowest BCUT2D eigenvalue weighted by Gasteiger charge is -2.38. The third-order valence-electron chi connectivity index (χ3n) is 5.85. The van der Waals surface area contributed by atoms with E-state index in [-0.39, 0.29) is 28.3 Å². The van der Waals surface area contributed by atoms with Crippen LogP contribution in [0.15, 0.2) is 0 Å². The van der Waals surface area contributed by atoms with E-state index in [1.807, 2.05) is 6.92 Å². The van der Waals surface area contributed by atoms with Crippen molar-refractivity contribution in [3.8, 4) is 0 Å². The van der Waals surface area contributed by atoms with Crippen LogP contribution in [0.4, 0.5) is 0 Å². The third-order valence-corrected chi connectivity index (χ3v) is 15.1. The fraction of sp³-hybridized carbons (Fsp3) is 0.950. The monoisotopic (exact) mass is 404 g/mol. The lowest BCUT2D eigenvalue weighted by atomic mass is 10.2. The second-order valence-electron chi connectivity index (χ2n) is 10.6. The Kier molecular flexibility index (Phi) is 9.28. The number of hydrogen-bond acceptors (Lipinski definition) is 4. The van der Waals surface area contributed by atoms with Crippen molar-refractivity contribution in [3.63, 3.8) is 0 Å². The number of ether oxygens (including phenoxy) is 1. The average molecular weight is 405 g/mol. The standard InChI is InChI=1S/C20H44O4Si2/c1-16(23-25(9,10)19(3,4)5)13-14-22-18(21)15-17(2)24-26(11,12)20(6,7)8/h16-17H,13-15H2,1-12H3/t16-,17-/m1/s1. The number of rotatable bonds is 9. The van der Waals surface area contributed by atoms with Crippen molar-refractivity contribution in [1.29, 1.82) is 0 Å². The molecule has 6 heteroatoms. The first-order chi connectivity index (χ1) is 11.4. The van der Waals surface area contributed by atoms with Crippen molar-refractivity contribution >= 4 is 22.6 Å². The lowest BCUT2D eigenvalue weighted by Crippen LogP contribution is -2.44. The molecule has 0 saturated heterocycles. The molecule has 156 valence electrons. The first-order valence-electron chi connectivity index (χ1n) is 9.90. The number of esters is 1. The Hall–Kier alpha value is -0.176. The van der Waals surface area contributed by atoms with E-state index in [9.17, 15) is 4.79 Å². The van der Waals surface area contributed by atoms with Gasteiger partial charge in [0, 0.05) is 12.5 Å². The summed E-state index contributed by atoms with van der Waals surface area (Å²) in [4.78, 5) is 12.1. The van der Waals surface area contributed by atoms with Gasteiger partial charge in [0.15, 0.2) is 16.6 Å². The van der Waals surface area contributed by atoms with Crippen molar-refractivity contribution in [2.45, 2.75) is 117 Å². The summed E-state index contributed by atoms with van der Waals surface area (Å²) in [6.07, 6.45) is 1.04. The Balaban J connectivity index is 4.28. The van der Waals surface area contributed by atoms with Gasteiger partial charge >= 0.3 is 5.97 Å². The van der Waals surface area contributed by atoms with Crippen LogP contribution < -0.4 is 0 Å². The van der Waals surface area contributed by atoms with Crippen molar-refractivity contribution in [2.75, 3.05) is 6.61 Å². The molecule has 26 heavy (non-hydrogen) atoms. The highest BCUT2D eigenvalue weighted by Gasteiger charge is 2.39. The van der Waals surface area contributed by atoms with E-state index in [2.05, 4.69) is 74.7 Å². The minimum atomic E-state index is -1.85. The van der Waals surface area contributed by atoms with E-state index in [0.717, 1.165) is 6.42 Å². The normalized spacial score (nSPS) is 16.3. The zero-order valence-electron chi connectivity index (χ0n) is 19.4. The van der Waals surface area contributed by atoms with Gasteiger partial charge in [0.05, 0.1) is 19.1 Å².